The summed E-state index contributed by atoms with van der Waals surface area (Å²) in [6.45, 7) is 5.09. The molecule has 0 bridgehead atoms. The van der Waals surface area contributed by atoms with Crippen LogP contribution in [0.15, 0.2) is 22.7 Å². The molecule has 1 fully saturated rings. The van der Waals surface area contributed by atoms with Crippen molar-refractivity contribution in [1.29, 1.82) is 0 Å². The molecule has 0 spiro atoms. The van der Waals surface area contributed by atoms with Gasteiger partial charge in [-0.25, -0.2) is 0 Å². The van der Waals surface area contributed by atoms with Crippen molar-refractivity contribution in [3.05, 3.63) is 28.2 Å². The van der Waals surface area contributed by atoms with Crippen molar-refractivity contribution in [3.8, 4) is 0 Å². The minimum absolute atomic E-state index is 0.244. The minimum atomic E-state index is -0.486. The Hall–Kier alpha value is -1.07. The largest absolute Gasteiger partial charge is 0.389 e. The Labute approximate surface area is 121 Å². The van der Waals surface area contributed by atoms with Gasteiger partial charge in [0.1, 0.15) is 0 Å². The van der Waals surface area contributed by atoms with Gasteiger partial charge in [-0.1, -0.05) is 6.07 Å². The molecule has 104 valence electrons. The SMILES string of the molecule is C[C@H](O)c1ccc(N2CCC(C)(C(N)=O)C2)c(Br)c1. The second kappa shape index (κ2) is 5.13. The Balaban J connectivity index is 2.23. The molecule has 1 heterocycles. The van der Waals surface area contributed by atoms with Gasteiger partial charge < -0.3 is 15.7 Å². The second-order valence-electron chi connectivity index (χ2n) is 5.48. The Morgan fingerprint density at radius 2 is 2.26 bits per heavy atom. The molecule has 0 radical (unpaired) electrons. The highest BCUT2D eigenvalue weighted by Gasteiger charge is 2.39. The average molecular weight is 327 g/mol. The minimum Gasteiger partial charge on any atom is -0.389 e. The van der Waals surface area contributed by atoms with E-state index < -0.39 is 11.5 Å². The van der Waals surface area contributed by atoms with E-state index in [2.05, 4.69) is 20.8 Å². The fraction of sp³-hybridized carbons (Fsp3) is 0.500. The van der Waals surface area contributed by atoms with Crippen LogP contribution in [0.2, 0.25) is 0 Å². The third-order valence-corrected chi connectivity index (χ3v) is 4.50. The Kier molecular flexibility index (Phi) is 3.87. The second-order valence-corrected chi connectivity index (χ2v) is 6.34. The molecule has 0 aromatic heterocycles. The van der Waals surface area contributed by atoms with Crippen LogP contribution >= 0.6 is 15.9 Å². The standard InChI is InChI=1S/C14H19BrN2O2/c1-9(18)10-3-4-12(11(15)7-10)17-6-5-14(2,8-17)13(16)19/h3-4,7,9,18H,5-6,8H2,1-2H3,(H2,16,19)/t9-,14?/m0/s1. The number of aliphatic hydroxyl groups excluding tert-OH is 1. The van der Waals surface area contributed by atoms with Crippen LogP contribution in [-0.2, 0) is 4.79 Å². The first-order chi connectivity index (χ1) is 8.83. The first-order valence-electron chi connectivity index (χ1n) is 6.36. The summed E-state index contributed by atoms with van der Waals surface area (Å²) in [6.07, 6.45) is 0.284. The molecular formula is C14H19BrN2O2. The number of primary amides is 1. The summed E-state index contributed by atoms with van der Waals surface area (Å²) in [6, 6.07) is 5.80. The summed E-state index contributed by atoms with van der Waals surface area (Å²) in [5.74, 6) is -0.244. The zero-order chi connectivity index (χ0) is 14.2. The zero-order valence-corrected chi connectivity index (χ0v) is 12.8. The summed E-state index contributed by atoms with van der Waals surface area (Å²) in [7, 11) is 0. The van der Waals surface area contributed by atoms with Crippen LogP contribution in [0.25, 0.3) is 0 Å². The number of nitrogens with two attached hydrogens (primary N) is 1. The molecule has 1 amide bonds. The number of halogens is 1. The third kappa shape index (κ3) is 2.77. The van der Waals surface area contributed by atoms with Crippen LogP contribution in [0, 0.1) is 5.41 Å². The molecule has 1 aliphatic rings. The molecule has 3 N–H and O–H groups in total. The predicted molar refractivity (Wildman–Crippen MR) is 78.9 cm³/mol. The van der Waals surface area contributed by atoms with E-state index in [1.807, 2.05) is 25.1 Å². The van der Waals surface area contributed by atoms with Crippen LogP contribution in [0.3, 0.4) is 0 Å². The molecule has 1 aliphatic heterocycles. The number of anilines is 1. The van der Waals surface area contributed by atoms with Gasteiger partial charge in [0.2, 0.25) is 5.91 Å². The van der Waals surface area contributed by atoms with E-state index in [0.29, 0.717) is 6.54 Å². The van der Waals surface area contributed by atoms with Gasteiger partial charge in [-0.3, -0.25) is 4.79 Å². The van der Waals surface area contributed by atoms with E-state index >= 15 is 0 Å². The van der Waals surface area contributed by atoms with E-state index in [4.69, 9.17) is 5.73 Å². The maximum atomic E-state index is 11.5. The lowest BCUT2D eigenvalue weighted by Crippen LogP contribution is -2.37. The number of carbonyl (C=O) groups excluding carboxylic acids is 1. The fourth-order valence-corrected chi connectivity index (χ4v) is 3.05. The highest BCUT2D eigenvalue weighted by Crippen LogP contribution is 2.37. The maximum Gasteiger partial charge on any atom is 0.225 e. The van der Waals surface area contributed by atoms with E-state index in [1.165, 1.54) is 0 Å². The monoisotopic (exact) mass is 326 g/mol. The van der Waals surface area contributed by atoms with Crippen LogP contribution in [0.5, 0.6) is 0 Å². The maximum absolute atomic E-state index is 11.5. The number of aliphatic hydroxyl groups is 1. The molecule has 19 heavy (non-hydrogen) atoms. The van der Waals surface area contributed by atoms with Gasteiger partial charge >= 0.3 is 0 Å². The zero-order valence-electron chi connectivity index (χ0n) is 11.2. The normalized spacial score (nSPS) is 24.5. The number of hydrogen-bond donors (Lipinski definition) is 2. The van der Waals surface area contributed by atoms with Crippen molar-refractivity contribution in [2.45, 2.75) is 26.4 Å². The van der Waals surface area contributed by atoms with Crippen molar-refractivity contribution >= 4 is 27.5 Å². The van der Waals surface area contributed by atoms with Gasteiger partial charge in [-0.2, -0.15) is 0 Å². The van der Waals surface area contributed by atoms with Gasteiger partial charge in [0, 0.05) is 17.6 Å². The van der Waals surface area contributed by atoms with Gasteiger partial charge in [-0.15, -0.1) is 0 Å². The lowest BCUT2D eigenvalue weighted by atomic mass is 9.89. The molecule has 5 heteroatoms. The Morgan fingerprint density at radius 3 is 2.74 bits per heavy atom. The molecule has 1 unspecified atom stereocenters. The van der Waals surface area contributed by atoms with Crippen LogP contribution in [0.1, 0.15) is 31.9 Å². The molecular weight excluding hydrogens is 308 g/mol. The number of benzene rings is 1. The fourth-order valence-electron chi connectivity index (χ4n) is 2.41. The lowest BCUT2D eigenvalue weighted by molar-refractivity contribution is -0.125. The molecule has 1 aromatic rings. The van der Waals surface area contributed by atoms with Crippen LogP contribution in [0.4, 0.5) is 5.69 Å². The summed E-state index contributed by atoms with van der Waals surface area (Å²) in [4.78, 5) is 13.6. The van der Waals surface area contributed by atoms with E-state index in [0.717, 1.165) is 28.7 Å². The van der Waals surface area contributed by atoms with Crippen molar-refractivity contribution in [1.82, 2.24) is 0 Å². The predicted octanol–water partition coefficient (Wildman–Crippen LogP) is 2.20. The number of hydrogen-bond acceptors (Lipinski definition) is 3. The highest BCUT2D eigenvalue weighted by atomic mass is 79.9. The van der Waals surface area contributed by atoms with Crippen molar-refractivity contribution in [3.63, 3.8) is 0 Å². The third-order valence-electron chi connectivity index (χ3n) is 3.86. The quantitative estimate of drug-likeness (QED) is 0.894. The molecule has 0 saturated carbocycles. The number of nitrogens with zero attached hydrogens (tertiary/aromatic N) is 1. The summed E-state index contributed by atoms with van der Waals surface area (Å²) >= 11 is 3.53. The molecule has 1 aromatic carbocycles. The van der Waals surface area contributed by atoms with Gasteiger partial charge in [0.05, 0.1) is 17.2 Å². The Morgan fingerprint density at radius 1 is 1.58 bits per heavy atom. The van der Waals surface area contributed by atoms with E-state index in [9.17, 15) is 9.90 Å². The molecule has 2 rings (SSSR count). The van der Waals surface area contributed by atoms with Crippen molar-refractivity contribution < 1.29 is 9.90 Å². The first kappa shape index (κ1) is 14.3. The lowest BCUT2D eigenvalue weighted by Gasteiger charge is -2.24. The molecule has 1 saturated heterocycles. The summed E-state index contributed by atoms with van der Waals surface area (Å²) < 4.78 is 0.930. The number of carbonyl (C=O) groups is 1. The Bertz CT molecular complexity index is 504. The first-order valence-corrected chi connectivity index (χ1v) is 7.15. The van der Waals surface area contributed by atoms with Crippen molar-refractivity contribution in [2.75, 3.05) is 18.0 Å². The van der Waals surface area contributed by atoms with Gasteiger partial charge in [0.25, 0.3) is 0 Å². The molecule has 4 nitrogen and oxygen atoms in total. The van der Waals surface area contributed by atoms with E-state index in [-0.39, 0.29) is 5.91 Å². The summed E-state index contributed by atoms with van der Waals surface area (Å²) in [5, 5.41) is 9.56. The number of amides is 1. The van der Waals surface area contributed by atoms with Crippen LogP contribution < -0.4 is 10.6 Å². The average Bonchev–Trinajstić information content (AvgIpc) is 2.73. The smallest absolute Gasteiger partial charge is 0.225 e. The molecule has 2 atom stereocenters. The van der Waals surface area contributed by atoms with Gasteiger partial charge in [-0.05, 0) is 53.9 Å². The van der Waals surface area contributed by atoms with Gasteiger partial charge in [0.15, 0.2) is 0 Å². The molecule has 0 aliphatic carbocycles. The summed E-state index contributed by atoms with van der Waals surface area (Å²) in [5.41, 5.74) is 6.91. The number of rotatable bonds is 3. The van der Waals surface area contributed by atoms with Crippen molar-refractivity contribution in [2.24, 2.45) is 11.1 Å². The topological polar surface area (TPSA) is 66.6 Å². The highest BCUT2D eigenvalue weighted by molar-refractivity contribution is 9.10. The van der Waals surface area contributed by atoms with Crippen LogP contribution in [-0.4, -0.2) is 24.1 Å². The van der Waals surface area contributed by atoms with E-state index in [1.54, 1.807) is 6.92 Å².